The number of hydrogen-bond acceptors (Lipinski definition) is 2. The van der Waals surface area contributed by atoms with Crippen LogP contribution in [0.5, 0.6) is 0 Å². The number of carbonyl (C=O) groups excluding carboxylic acids is 2. The summed E-state index contributed by atoms with van der Waals surface area (Å²) in [6.07, 6.45) is 1.43. The van der Waals surface area contributed by atoms with Crippen molar-refractivity contribution in [3.05, 3.63) is 58.3 Å². The molecular weight excluding hydrogens is 363 g/mol. The van der Waals surface area contributed by atoms with E-state index in [1.807, 2.05) is 0 Å². The summed E-state index contributed by atoms with van der Waals surface area (Å²) in [7, 11) is 0. The summed E-state index contributed by atoms with van der Waals surface area (Å²) in [5, 5.41) is 2.72. The first-order valence-corrected chi connectivity index (χ1v) is 8.01. The normalized spacial score (nSPS) is 14.2. The Morgan fingerprint density at radius 3 is 2.52 bits per heavy atom. The van der Waals surface area contributed by atoms with Crippen molar-refractivity contribution >= 4 is 39.1 Å². The Balaban J connectivity index is 1.74. The van der Waals surface area contributed by atoms with Crippen molar-refractivity contribution in [1.82, 2.24) is 0 Å². The number of nitrogens with one attached hydrogen (secondary N) is 1. The van der Waals surface area contributed by atoms with E-state index in [9.17, 15) is 14.0 Å². The molecule has 0 radical (unpaired) electrons. The first kappa shape index (κ1) is 15.7. The van der Waals surface area contributed by atoms with Gasteiger partial charge in [0.15, 0.2) is 0 Å². The summed E-state index contributed by atoms with van der Waals surface area (Å²) < 4.78 is 13.5. The summed E-state index contributed by atoms with van der Waals surface area (Å²) in [5.74, 6) is -0.566. The third-order valence-corrected chi connectivity index (χ3v) is 4.35. The maximum atomic E-state index is 13.1. The predicted molar refractivity (Wildman–Crippen MR) is 90.1 cm³/mol. The van der Waals surface area contributed by atoms with Crippen LogP contribution in [-0.4, -0.2) is 18.4 Å². The fourth-order valence-corrected chi connectivity index (χ4v) is 2.95. The van der Waals surface area contributed by atoms with Crippen LogP contribution in [0.15, 0.2) is 46.9 Å². The number of carbonyl (C=O) groups is 2. The molecule has 2 aromatic carbocycles. The van der Waals surface area contributed by atoms with Gasteiger partial charge in [0.05, 0.1) is 5.69 Å². The minimum absolute atomic E-state index is 0.109. The highest BCUT2D eigenvalue weighted by Gasteiger charge is 2.21. The third kappa shape index (κ3) is 3.42. The average molecular weight is 377 g/mol. The number of anilines is 2. The summed E-state index contributed by atoms with van der Waals surface area (Å²) in [5.41, 5.74) is 1.76. The maximum Gasteiger partial charge on any atom is 0.255 e. The second kappa shape index (κ2) is 6.50. The lowest BCUT2D eigenvalue weighted by Crippen LogP contribution is -2.23. The first-order valence-electron chi connectivity index (χ1n) is 7.21. The van der Waals surface area contributed by atoms with Crippen LogP contribution in [0.25, 0.3) is 0 Å². The lowest BCUT2D eigenvalue weighted by molar-refractivity contribution is -0.117. The number of rotatable bonds is 3. The largest absolute Gasteiger partial charge is 0.321 e. The molecule has 0 spiro atoms. The van der Waals surface area contributed by atoms with Gasteiger partial charge in [0.1, 0.15) is 5.82 Å². The standard InChI is InChI=1S/C17H14BrFN2O2/c18-14-10-12(19)5-8-15(14)20-17(23)11-3-6-13(7-4-11)21-9-1-2-16(21)22/h3-8,10H,1-2,9H2,(H,20,23). The molecule has 3 rings (SSSR count). The van der Waals surface area contributed by atoms with Crippen molar-refractivity contribution in [2.24, 2.45) is 0 Å². The molecule has 1 aliphatic heterocycles. The molecule has 6 heteroatoms. The van der Waals surface area contributed by atoms with Crippen LogP contribution in [0.2, 0.25) is 0 Å². The highest BCUT2D eigenvalue weighted by molar-refractivity contribution is 9.10. The van der Waals surface area contributed by atoms with E-state index >= 15 is 0 Å². The van der Waals surface area contributed by atoms with Crippen molar-refractivity contribution < 1.29 is 14.0 Å². The molecule has 1 fully saturated rings. The SMILES string of the molecule is O=C(Nc1ccc(F)cc1Br)c1ccc(N2CCCC2=O)cc1. The van der Waals surface area contributed by atoms with Crippen LogP contribution in [0.1, 0.15) is 23.2 Å². The van der Waals surface area contributed by atoms with Crippen molar-refractivity contribution in [1.29, 1.82) is 0 Å². The average Bonchev–Trinajstić information content (AvgIpc) is 2.96. The maximum absolute atomic E-state index is 13.1. The Kier molecular flexibility index (Phi) is 4.43. The topological polar surface area (TPSA) is 49.4 Å². The lowest BCUT2D eigenvalue weighted by Gasteiger charge is -2.16. The molecule has 1 heterocycles. The molecule has 2 amide bonds. The number of nitrogens with zero attached hydrogens (tertiary/aromatic N) is 1. The zero-order valence-electron chi connectivity index (χ0n) is 12.2. The van der Waals surface area contributed by atoms with Gasteiger partial charge < -0.3 is 10.2 Å². The Labute approximate surface area is 141 Å². The molecule has 0 bridgehead atoms. The molecule has 1 aliphatic rings. The van der Waals surface area contributed by atoms with Gasteiger partial charge in [-0.05, 0) is 64.8 Å². The summed E-state index contributed by atoms with van der Waals surface area (Å²) >= 11 is 3.21. The highest BCUT2D eigenvalue weighted by Crippen LogP contribution is 2.25. The van der Waals surface area contributed by atoms with Crippen molar-refractivity contribution in [3.63, 3.8) is 0 Å². The van der Waals surface area contributed by atoms with Crippen molar-refractivity contribution in [2.75, 3.05) is 16.8 Å². The van der Waals surface area contributed by atoms with Gasteiger partial charge in [0, 0.05) is 28.7 Å². The van der Waals surface area contributed by atoms with E-state index in [0.29, 0.717) is 28.7 Å². The third-order valence-electron chi connectivity index (χ3n) is 3.69. The lowest BCUT2D eigenvalue weighted by atomic mass is 10.1. The van der Waals surface area contributed by atoms with Gasteiger partial charge in [0.25, 0.3) is 5.91 Å². The number of hydrogen-bond donors (Lipinski definition) is 1. The molecule has 1 N–H and O–H groups in total. The molecule has 0 unspecified atom stereocenters. The highest BCUT2D eigenvalue weighted by atomic mass is 79.9. The molecule has 0 aliphatic carbocycles. The molecule has 0 saturated carbocycles. The predicted octanol–water partition coefficient (Wildman–Crippen LogP) is 3.97. The molecule has 4 nitrogen and oxygen atoms in total. The Morgan fingerprint density at radius 1 is 1.17 bits per heavy atom. The van der Waals surface area contributed by atoms with Gasteiger partial charge in [-0.1, -0.05) is 0 Å². The van der Waals surface area contributed by atoms with Crippen LogP contribution in [0.4, 0.5) is 15.8 Å². The summed E-state index contributed by atoms with van der Waals surface area (Å²) in [4.78, 5) is 25.7. The quantitative estimate of drug-likeness (QED) is 0.880. The van der Waals surface area contributed by atoms with Gasteiger partial charge in [0.2, 0.25) is 5.91 Å². The Bertz CT molecular complexity index is 762. The van der Waals surface area contributed by atoms with E-state index in [1.165, 1.54) is 18.2 Å². The van der Waals surface area contributed by atoms with Crippen molar-refractivity contribution in [3.8, 4) is 0 Å². The van der Waals surface area contributed by atoms with Gasteiger partial charge in [-0.3, -0.25) is 9.59 Å². The monoisotopic (exact) mass is 376 g/mol. The van der Waals surface area contributed by atoms with Gasteiger partial charge in [-0.2, -0.15) is 0 Å². The Morgan fingerprint density at radius 2 is 1.91 bits per heavy atom. The van der Waals surface area contributed by atoms with Crippen LogP contribution in [0, 0.1) is 5.82 Å². The van der Waals surface area contributed by atoms with E-state index in [1.54, 1.807) is 29.2 Å². The molecule has 0 aromatic heterocycles. The van der Waals surface area contributed by atoms with Crippen LogP contribution < -0.4 is 10.2 Å². The van der Waals surface area contributed by atoms with Gasteiger partial charge >= 0.3 is 0 Å². The van der Waals surface area contributed by atoms with Crippen LogP contribution in [0.3, 0.4) is 0 Å². The smallest absolute Gasteiger partial charge is 0.255 e. The fourth-order valence-electron chi connectivity index (χ4n) is 2.50. The molecule has 1 saturated heterocycles. The van der Waals surface area contributed by atoms with E-state index < -0.39 is 0 Å². The Hall–Kier alpha value is -2.21. The molecule has 118 valence electrons. The fraction of sp³-hybridized carbons (Fsp3) is 0.176. The van der Waals surface area contributed by atoms with Crippen LogP contribution in [-0.2, 0) is 4.79 Å². The van der Waals surface area contributed by atoms with Crippen LogP contribution >= 0.6 is 15.9 Å². The minimum Gasteiger partial charge on any atom is -0.321 e. The second-order valence-electron chi connectivity index (χ2n) is 5.27. The molecule has 2 aromatic rings. The molecule has 0 atom stereocenters. The van der Waals surface area contributed by atoms with E-state index in [0.717, 1.165) is 12.1 Å². The molecular formula is C17H14BrFN2O2. The zero-order chi connectivity index (χ0) is 16.4. The number of amides is 2. The zero-order valence-corrected chi connectivity index (χ0v) is 13.8. The number of halogens is 2. The van der Waals surface area contributed by atoms with E-state index in [-0.39, 0.29) is 17.6 Å². The first-order chi connectivity index (χ1) is 11.0. The van der Waals surface area contributed by atoms with Crippen molar-refractivity contribution in [2.45, 2.75) is 12.8 Å². The summed E-state index contributed by atoms with van der Waals surface area (Å²) in [6, 6.07) is 10.9. The number of benzene rings is 2. The van der Waals surface area contributed by atoms with E-state index in [4.69, 9.17) is 0 Å². The van der Waals surface area contributed by atoms with Gasteiger partial charge in [-0.15, -0.1) is 0 Å². The second-order valence-corrected chi connectivity index (χ2v) is 6.13. The van der Waals surface area contributed by atoms with E-state index in [2.05, 4.69) is 21.2 Å². The minimum atomic E-state index is -0.380. The van der Waals surface area contributed by atoms with Gasteiger partial charge in [-0.25, -0.2) is 4.39 Å². The summed E-state index contributed by atoms with van der Waals surface area (Å²) in [6.45, 7) is 0.715. The molecule has 23 heavy (non-hydrogen) atoms.